The maximum Gasteiger partial charge on any atom is 0.331 e. The first-order valence-electron chi connectivity index (χ1n) is 5.93. The van der Waals surface area contributed by atoms with Crippen molar-refractivity contribution >= 4 is 17.6 Å². The zero-order valence-corrected chi connectivity index (χ0v) is 10.7. The molecule has 0 saturated carbocycles. The van der Waals surface area contributed by atoms with Gasteiger partial charge in [0.2, 0.25) is 0 Å². The molecule has 8 nitrogen and oxygen atoms in total. The fourth-order valence-electron chi connectivity index (χ4n) is 2.02. The van der Waals surface area contributed by atoms with Crippen molar-refractivity contribution in [3.8, 4) is 0 Å². The van der Waals surface area contributed by atoms with E-state index >= 15 is 0 Å². The molecule has 1 unspecified atom stereocenters. The van der Waals surface area contributed by atoms with E-state index in [-0.39, 0.29) is 19.6 Å². The Hall–Kier alpha value is -2.55. The average Bonchev–Trinajstić information content (AvgIpc) is 2.88. The molecule has 0 spiro atoms. The summed E-state index contributed by atoms with van der Waals surface area (Å²) in [6, 6.07) is 2.43. The predicted octanol–water partition coefficient (Wildman–Crippen LogP) is 0.707. The molecule has 2 N–H and O–H groups in total. The quantitative estimate of drug-likeness (QED) is 0.624. The zero-order chi connectivity index (χ0) is 15.6. The Labute approximate surface area is 117 Å². The van der Waals surface area contributed by atoms with Gasteiger partial charge in [0.25, 0.3) is 11.6 Å². The van der Waals surface area contributed by atoms with Crippen LogP contribution in [0.25, 0.3) is 0 Å². The van der Waals surface area contributed by atoms with Crippen LogP contribution in [-0.4, -0.2) is 40.7 Å². The Kier molecular flexibility index (Phi) is 3.85. The van der Waals surface area contributed by atoms with Crippen molar-refractivity contribution in [2.45, 2.75) is 12.0 Å². The van der Waals surface area contributed by atoms with E-state index < -0.39 is 39.4 Å². The molecule has 21 heavy (non-hydrogen) atoms. The van der Waals surface area contributed by atoms with Gasteiger partial charge in [0, 0.05) is 13.0 Å². The van der Waals surface area contributed by atoms with Crippen molar-refractivity contribution in [3.63, 3.8) is 0 Å². The van der Waals surface area contributed by atoms with Crippen LogP contribution in [0, 0.1) is 15.9 Å². The van der Waals surface area contributed by atoms with Crippen LogP contribution in [0.4, 0.5) is 10.1 Å². The van der Waals surface area contributed by atoms with Crippen LogP contribution in [0.2, 0.25) is 0 Å². The summed E-state index contributed by atoms with van der Waals surface area (Å²) >= 11 is 0. The predicted molar refractivity (Wildman–Crippen MR) is 66.3 cm³/mol. The van der Waals surface area contributed by atoms with Gasteiger partial charge >= 0.3 is 5.97 Å². The first-order valence-corrected chi connectivity index (χ1v) is 5.93. The Morgan fingerprint density at radius 2 is 2.19 bits per heavy atom. The van der Waals surface area contributed by atoms with Gasteiger partial charge in [-0.1, -0.05) is 0 Å². The number of hydrogen-bond donors (Lipinski definition) is 2. The van der Waals surface area contributed by atoms with E-state index in [2.05, 4.69) is 5.32 Å². The molecule has 0 aromatic heterocycles. The number of rotatable bonds is 4. The second-order valence-electron chi connectivity index (χ2n) is 4.56. The second-order valence-corrected chi connectivity index (χ2v) is 4.56. The molecule has 1 saturated heterocycles. The number of benzene rings is 1. The molecule has 1 amide bonds. The molecule has 1 aromatic rings. The Morgan fingerprint density at radius 1 is 1.48 bits per heavy atom. The van der Waals surface area contributed by atoms with E-state index in [1.54, 1.807) is 0 Å². The van der Waals surface area contributed by atoms with E-state index in [1.807, 2.05) is 0 Å². The minimum Gasteiger partial charge on any atom is -0.479 e. The molecule has 9 heteroatoms. The smallest absolute Gasteiger partial charge is 0.331 e. The molecular weight excluding hydrogens is 287 g/mol. The Bertz CT molecular complexity index is 612. The zero-order valence-electron chi connectivity index (χ0n) is 10.7. The van der Waals surface area contributed by atoms with Gasteiger partial charge in [-0.2, -0.15) is 0 Å². The van der Waals surface area contributed by atoms with E-state index in [4.69, 9.17) is 4.74 Å². The summed E-state index contributed by atoms with van der Waals surface area (Å²) in [6.07, 6.45) is 0.0447. The van der Waals surface area contributed by atoms with Gasteiger partial charge in [-0.3, -0.25) is 14.9 Å². The maximum atomic E-state index is 13.0. The molecule has 1 aliphatic heterocycles. The molecule has 0 radical (unpaired) electrons. The number of carboxylic acid groups (broad SMARTS) is 1. The number of carbonyl (C=O) groups excluding carboxylic acids is 1. The van der Waals surface area contributed by atoms with Crippen LogP contribution >= 0.6 is 0 Å². The van der Waals surface area contributed by atoms with Crippen LogP contribution in [0.5, 0.6) is 0 Å². The largest absolute Gasteiger partial charge is 0.479 e. The fraction of sp³-hybridized carbons (Fsp3) is 0.333. The average molecular weight is 298 g/mol. The fourth-order valence-corrected chi connectivity index (χ4v) is 2.02. The van der Waals surface area contributed by atoms with E-state index in [9.17, 15) is 29.2 Å². The van der Waals surface area contributed by atoms with E-state index in [0.717, 1.165) is 12.1 Å². The maximum absolute atomic E-state index is 13.0. The van der Waals surface area contributed by atoms with E-state index in [0.29, 0.717) is 6.07 Å². The molecule has 0 bridgehead atoms. The monoisotopic (exact) mass is 298 g/mol. The first-order chi connectivity index (χ1) is 9.85. The van der Waals surface area contributed by atoms with Gasteiger partial charge in [0.1, 0.15) is 11.4 Å². The minimum absolute atomic E-state index is 0.0447. The molecule has 1 fully saturated rings. The Morgan fingerprint density at radius 3 is 2.71 bits per heavy atom. The molecular formula is C12H11FN2O6. The number of nitro benzene ring substituents is 1. The third-order valence-corrected chi connectivity index (χ3v) is 3.18. The topological polar surface area (TPSA) is 119 Å². The number of ether oxygens (including phenoxy) is 1. The second kappa shape index (κ2) is 5.44. The summed E-state index contributed by atoms with van der Waals surface area (Å²) < 4.78 is 18.0. The molecule has 2 rings (SSSR count). The summed E-state index contributed by atoms with van der Waals surface area (Å²) in [7, 11) is 0. The van der Waals surface area contributed by atoms with Crippen LogP contribution in [0.15, 0.2) is 18.2 Å². The Balaban J connectivity index is 2.32. The lowest BCUT2D eigenvalue weighted by molar-refractivity contribution is -0.385. The van der Waals surface area contributed by atoms with Gasteiger partial charge in [-0.05, 0) is 12.1 Å². The van der Waals surface area contributed by atoms with Crippen molar-refractivity contribution in [2.24, 2.45) is 0 Å². The highest BCUT2D eigenvalue weighted by molar-refractivity contribution is 6.01. The van der Waals surface area contributed by atoms with Gasteiger partial charge in [-0.25, -0.2) is 9.18 Å². The lowest BCUT2D eigenvalue weighted by Gasteiger charge is -2.23. The van der Waals surface area contributed by atoms with Crippen molar-refractivity contribution in [1.29, 1.82) is 0 Å². The van der Waals surface area contributed by atoms with Crippen molar-refractivity contribution < 1.29 is 28.7 Å². The van der Waals surface area contributed by atoms with Gasteiger partial charge in [0.15, 0.2) is 5.54 Å². The SMILES string of the molecule is O=C(NC1(C(=O)O)CCOC1)c1ccc(F)cc1[N+](=O)[O-]. The highest BCUT2D eigenvalue weighted by Crippen LogP contribution is 2.23. The van der Waals surface area contributed by atoms with E-state index in [1.165, 1.54) is 0 Å². The van der Waals surface area contributed by atoms with Gasteiger partial charge < -0.3 is 15.2 Å². The normalized spacial score (nSPS) is 21.0. The summed E-state index contributed by atoms with van der Waals surface area (Å²) in [5.74, 6) is -3.12. The number of hydrogen-bond acceptors (Lipinski definition) is 5. The van der Waals surface area contributed by atoms with Crippen molar-refractivity contribution in [3.05, 3.63) is 39.7 Å². The van der Waals surface area contributed by atoms with Gasteiger partial charge in [0.05, 0.1) is 17.6 Å². The van der Waals surface area contributed by atoms with Crippen molar-refractivity contribution in [1.82, 2.24) is 5.32 Å². The van der Waals surface area contributed by atoms with Crippen LogP contribution < -0.4 is 5.32 Å². The van der Waals surface area contributed by atoms with Crippen LogP contribution in [0.1, 0.15) is 16.8 Å². The molecule has 112 valence electrons. The van der Waals surface area contributed by atoms with Crippen LogP contribution in [0.3, 0.4) is 0 Å². The highest BCUT2D eigenvalue weighted by Gasteiger charge is 2.44. The third-order valence-electron chi connectivity index (χ3n) is 3.18. The number of aliphatic carboxylic acids is 1. The van der Waals surface area contributed by atoms with Crippen molar-refractivity contribution in [2.75, 3.05) is 13.2 Å². The number of nitrogens with zero attached hydrogens (tertiary/aromatic N) is 1. The summed E-state index contributed by atoms with van der Waals surface area (Å²) in [5, 5.41) is 22.3. The number of amides is 1. The number of nitro groups is 1. The number of carboxylic acids is 1. The molecule has 1 heterocycles. The summed E-state index contributed by atoms with van der Waals surface area (Å²) in [6.45, 7) is -0.0822. The number of carbonyl (C=O) groups is 2. The molecule has 0 aliphatic carbocycles. The summed E-state index contributed by atoms with van der Waals surface area (Å²) in [5.41, 5.74) is -2.76. The molecule has 1 atom stereocenters. The number of nitrogens with one attached hydrogen (secondary N) is 1. The van der Waals surface area contributed by atoms with Gasteiger partial charge in [-0.15, -0.1) is 0 Å². The number of halogens is 1. The lowest BCUT2D eigenvalue weighted by atomic mass is 9.98. The summed E-state index contributed by atoms with van der Waals surface area (Å²) in [4.78, 5) is 33.3. The molecule has 1 aliphatic rings. The third kappa shape index (κ3) is 2.82. The first kappa shape index (κ1) is 14.9. The standard InChI is InChI=1S/C12H11FN2O6/c13-7-1-2-8(9(5-7)15(19)20)10(16)14-12(11(17)18)3-4-21-6-12/h1-2,5H,3-4,6H2,(H,14,16)(H,17,18). The molecule has 1 aromatic carbocycles. The lowest BCUT2D eigenvalue weighted by Crippen LogP contribution is -2.55. The van der Waals surface area contributed by atoms with Crippen LogP contribution in [-0.2, 0) is 9.53 Å². The minimum atomic E-state index is -1.63. The highest BCUT2D eigenvalue weighted by atomic mass is 19.1.